The summed E-state index contributed by atoms with van der Waals surface area (Å²) in [5, 5.41) is 0.281. The molecule has 2 nitrogen and oxygen atoms in total. The Balaban J connectivity index is 2.07. The molecular weight excluding hydrogens is 278 g/mol. The zero-order chi connectivity index (χ0) is 15.2. The fourth-order valence-electron chi connectivity index (χ4n) is 3.33. The molecular formula is C18H29NOS. The van der Waals surface area contributed by atoms with Gasteiger partial charge in [-0.2, -0.15) is 0 Å². The molecule has 0 aliphatic heterocycles. The number of benzene rings is 1. The molecule has 1 aliphatic carbocycles. The molecule has 2 N–H and O–H groups in total. The Morgan fingerprint density at radius 2 is 2.00 bits per heavy atom. The van der Waals surface area contributed by atoms with Crippen molar-refractivity contribution in [2.75, 3.05) is 12.3 Å². The molecule has 0 aromatic heterocycles. The summed E-state index contributed by atoms with van der Waals surface area (Å²) in [6.07, 6.45) is 4.44. The Hall–Kier alpha value is -0.670. The van der Waals surface area contributed by atoms with E-state index in [1.807, 2.05) is 0 Å². The summed E-state index contributed by atoms with van der Waals surface area (Å²) in [6, 6.07) is 10.7. The highest BCUT2D eigenvalue weighted by molar-refractivity contribution is 7.85. The standard InChI is InChI=1S/C18H29NOS/c1-3-14(2)13-21(20)18-11-16(9-10-17(18)12-19)15-7-5-4-6-8-15/h4-8,14,16-18H,3,9-13,19H2,1-2H3. The van der Waals surface area contributed by atoms with E-state index in [0.717, 1.165) is 25.0 Å². The van der Waals surface area contributed by atoms with E-state index in [4.69, 9.17) is 5.73 Å². The van der Waals surface area contributed by atoms with Crippen LogP contribution in [-0.4, -0.2) is 21.8 Å². The highest BCUT2D eigenvalue weighted by Gasteiger charge is 2.34. The second-order valence-corrected chi connectivity index (χ2v) is 8.22. The van der Waals surface area contributed by atoms with Crippen molar-refractivity contribution in [3.05, 3.63) is 35.9 Å². The van der Waals surface area contributed by atoms with Crippen LogP contribution in [-0.2, 0) is 10.8 Å². The van der Waals surface area contributed by atoms with E-state index in [1.54, 1.807) is 0 Å². The summed E-state index contributed by atoms with van der Waals surface area (Å²) in [7, 11) is -0.741. The quantitative estimate of drug-likeness (QED) is 0.871. The maximum Gasteiger partial charge on any atom is 0.0394 e. The second kappa shape index (κ2) is 8.09. The van der Waals surface area contributed by atoms with Crippen LogP contribution in [0, 0.1) is 11.8 Å². The van der Waals surface area contributed by atoms with Gasteiger partial charge < -0.3 is 5.73 Å². The van der Waals surface area contributed by atoms with Crippen LogP contribution in [0.15, 0.2) is 30.3 Å². The van der Waals surface area contributed by atoms with Crippen LogP contribution in [0.1, 0.15) is 51.0 Å². The Morgan fingerprint density at radius 1 is 1.29 bits per heavy atom. The van der Waals surface area contributed by atoms with E-state index in [0.29, 0.717) is 24.3 Å². The molecule has 5 unspecified atom stereocenters. The number of rotatable bonds is 6. The van der Waals surface area contributed by atoms with Crippen LogP contribution in [0.4, 0.5) is 0 Å². The summed E-state index contributed by atoms with van der Waals surface area (Å²) < 4.78 is 12.8. The number of hydrogen-bond donors (Lipinski definition) is 1. The predicted molar refractivity (Wildman–Crippen MR) is 91.8 cm³/mol. The lowest BCUT2D eigenvalue weighted by atomic mass is 9.78. The first-order valence-corrected chi connectivity index (χ1v) is 9.66. The Morgan fingerprint density at radius 3 is 2.62 bits per heavy atom. The molecule has 0 spiro atoms. The Bertz CT molecular complexity index is 448. The van der Waals surface area contributed by atoms with Crippen molar-refractivity contribution in [3.8, 4) is 0 Å². The zero-order valence-electron chi connectivity index (χ0n) is 13.3. The minimum atomic E-state index is -0.741. The first-order valence-electron chi connectivity index (χ1n) is 8.27. The molecule has 21 heavy (non-hydrogen) atoms. The molecule has 5 atom stereocenters. The van der Waals surface area contributed by atoms with Crippen molar-refractivity contribution in [2.45, 2.75) is 50.7 Å². The number of hydrogen-bond acceptors (Lipinski definition) is 2. The topological polar surface area (TPSA) is 43.1 Å². The van der Waals surface area contributed by atoms with E-state index in [1.165, 1.54) is 12.0 Å². The van der Waals surface area contributed by atoms with Gasteiger partial charge in [-0.3, -0.25) is 4.21 Å². The van der Waals surface area contributed by atoms with Gasteiger partial charge in [-0.05, 0) is 49.1 Å². The van der Waals surface area contributed by atoms with Crippen LogP contribution in [0.3, 0.4) is 0 Å². The van der Waals surface area contributed by atoms with Crippen LogP contribution in [0.2, 0.25) is 0 Å². The number of nitrogens with two attached hydrogens (primary N) is 1. The largest absolute Gasteiger partial charge is 0.330 e. The molecule has 0 radical (unpaired) electrons. The average molecular weight is 308 g/mol. The van der Waals surface area contributed by atoms with E-state index < -0.39 is 10.8 Å². The normalized spacial score (nSPS) is 29.0. The first-order chi connectivity index (χ1) is 10.2. The maximum absolute atomic E-state index is 12.8. The van der Waals surface area contributed by atoms with Gasteiger partial charge >= 0.3 is 0 Å². The van der Waals surface area contributed by atoms with Crippen molar-refractivity contribution < 1.29 is 4.21 Å². The second-order valence-electron chi connectivity index (χ2n) is 6.52. The summed E-state index contributed by atoms with van der Waals surface area (Å²) in [5.41, 5.74) is 7.35. The molecule has 1 saturated carbocycles. The lowest BCUT2D eigenvalue weighted by Crippen LogP contribution is -2.38. The molecule has 1 fully saturated rings. The van der Waals surface area contributed by atoms with Gasteiger partial charge in [0.05, 0.1) is 0 Å². The van der Waals surface area contributed by atoms with E-state index in [-0.39, 0.29) is 5.25 Å². The van der Waals surface area contributed by atoms with Crippen molar-refractivity contribution >= 4 is 10.8 Å². The van der Waals surface area contributed by atoms with Crippen molar-refractivity contribution in [2.24, 2.45) is 17.6 Å². The molecule has 1 aromatic rings. The van der Waals surface area contributed by atoms with Gasteiger partial charge in [0.15, 0.2) is 0 Å². The molecule has 1 aliphatic rings. The van der Waals surface area contributed by atoms with Gasteiger partial charge in [-0.15, -0.1) is 0 Å². The highest BCUT2D eigenvalue weighted by atomic mass is 32.2. The summed E-state index contributed by atoms with van der Waals surface area (Å²) in [5.74, 6) is 2.37. The SMILES string of the molecule is CCC(C)CS(=O)C1CC(c2ccccc2)CCC1CN. The van der Waals surface area contributed by atoms with Crippen molar-refractivity contribution in [1.29, 1.82) is 0 Å². The average Bonchev–Trinajstić information content (AvgIpc) is 2.54. The predicted octanol–water partition coefficient (Wildman–Crippen LogP) is 3.69. The molecule has 1 aromatic carbocycles. The van der Waals surface area contributed by atoms with Gasteiger partial charge in [0.25, 0.3) is 0 Å². The lowest BCUT2D eigenvalue weighted by Gasteiger charge is -2.35. The van der Waals surface area contributed by atoms with E-state index in [9.17, 15) is 4.21 Å². The molecule has 118 valence electrons. The third-order valence-corrected chi connectivity index (χ3v) is 7.14. The molecule has 0 bridgehead atoms. The van der Waals surface area contributed by atoms with Crippen LogP contribution in [0.5, 0.6) is 0 Å². The summed E-state index contributed by atoms with van der Waals surface area (Å²) in [6.45, 7) is 5.06. The van der Waals surface area contributed by atoms with Crippen LogP contribution in [0.25, 0.3) is 0 Å². The monoisotopic (exact) mass is 307 g/mol. The molecule has 3 heteroatoms. The Kier molecular flexibility index (Phi) is 6.43. The fourth-order valence-corrected chi connectivity index (χ4v) is 5.50. The lowest BCUT2D eigenvalue weighted by molar-refractivity contribution is 0.338. The summed E-state index contributed by atoms with van der Waals surface area (Å²) in [4.78, 5) is 0. The van der Waals surface area contributed by atoms with E-state index in [2.05, 4.69) is 44.2 Å². The Labute approximate surface area is 132 Å². The van der Waals surface area contributed by atoms with Crippen LogP contribution < -0.4 is 5.73 Å². The van der Waals surface area contributed by atoms with Crippen LogP contribution >= 0.6 is 0 Å². The molecule has 0 heterocycles. The van der Waals surface area contributed by atoms with Gasteiger partial charge in [0, 0.05) is 21.8 Å². The van der Waals surface area contributed by atoms with Gasteiger partial charge in [-0.25, -0.2) is 0 Å². The molecule has 2 rings (SSSR count). The minimum absolute atomic E-state index is 0.281. The fraction of sp³-hybridized carbons (Fsp3) is 0.667. The maximum atomic E-state index is 12.8. The zero-order valence-corrected chi connectivity index (χ0v) is 14.1. The third kappa shape index (κ3) is 4.40. The van der Waals surface area contributed by atoms with Crippen molar-refractivity contribution in [3.63, 3.8) is 0 Å². The highest BCUT2D eigenvalue weighted by Crippen LogP contribution is 2.38. The first kappa shape index (κ1) is 16.7. The molecule has 0 amide bonds. The van der Waals surface area contributed by atoms with Gasteiger partial charge in [0.1, 0.15) is 0 Å². The summed E-state index contributed by atoms with van der Waals surface area (Å²) >= 11 is 0. The van der Waals surface area contributed by atoms with Crippen molar-refractivity contribution in [1.82, 2.24) is 0 Å². The van der Waals surface area contributed by atoms with E-state index >= 15 is 0 Å². The molecule has 0 saturated heterocycles. The third-order valence-electron chi connectivity index (χ3n) is 4.99. The van der Waals surface area contributed by atoms with Gasteiger partial charge in [-0.1, -0.05) is 50.6 Å². The smallest absolute Gasteiger partial charge is 0.0394 e. The van der Waals surface area contributed by atoms with Gasteiger partial charge in [0.2, 0.25) is 0 Å². The minimum Gasteiger partial charge on any atom is -0.330 e.